The number of Topliss-reactive ketones (excluding diaryl/α,β-unsaturated/α-hetero) is 1. The fourth-order valence-corrected chi connectivity index (χ4v) is 17.1. The molecule has 7 nitrogen and oxygen atoms in total. The van der Waals surface area contributed by atoms with Gasteiger partial charge in [-0.1, -0.05) is 28.7 Å². The van der Waals surface area contributed by atoms with E-state index < -0.39 is 34.5 Å². The van der Waals surface area contributed by atoms with Crippen molar-refractivity contribution in [2.45, 2.75) is 182 Å². The molecule has 8 saturated carbocycles. The molecule has 9 fully saturated rings. The van der Waals surface area contributed by atoms with E-state index in [0.29, 0.717) is 23.7 Å². The molecule has 2 aromatic rings. The molecule has 1 heterocycles. The summed E-state index contributed by atoms with van der Waals surface area (Å²) in [5, 5.41) is 22.5. The number of ketones is 1. The predicted molar refractivity (Wildman–Crippen MR) is 277 cm³/mol. The number of nitrogens with zero attached hydrogens (tertiary/aromatic N) is 1. The smallest absolute Gasteiger partial charge is 1.00 e. The molecule has 9 aliphatic rings. The van der Waals surface area contributed by atoms with Gasteiger partial charge in [0, 0.05) is 55.4 Å². The maximum Gasteiger partial charge on any atom is 2.00 e. The fraction of sp³-hybridized carbons (Fsp3) is 0.767. The van der Waals surface area contributed by atoms with E-state index in [9.17, 15) is 37.4 Å². The first-order valence-electron chi connectivity index (χ1n) is 26.9. The molecule has 16 atom stereocenters. The van der Waals surface area contributed by atoms with Crippen LogP contribution >= 0.6 is 0 Å². The SMILES string of the molecule is C.C.C1CCOC1.CON(C)C(=O)[C@H]1CC[C@H]2[C@@H]3CC[C@@H]4C[C@](C)(O)CC[C@@H]4[C@H]3CC[C@]12C.C[C@@]1(O)CC[C@H]2[C@H](CC[C@@H]3[C@@H]2CC[C@]2(C)[C@@H](C(=O)c4cc(F)cc(F)c4)CC[C@@H]32)C1.Fc1c[c-]cc(F)c1.[Br-].[Mg+2]. The first-order valence-corrected chi connectivity index (χ1v) is 26.9. The van der Waals surface area contributed by atoms with Crippen LogP contribution in [0, 0.1) is 111 Å². The zero-order valence-electron chi connectivity index (χ0n) is 43.5. The van der Waals surface area contributed by atoms with Crippen molar-refractivity contribution in [1.82, 2.24) is 5.06 Å². The first-order chi connectivity index (χ1) is 32.7. The van der Waals surface area contributed by atoms with Gasteiger partial charge in [-0.3, -0.25) is 23.2 Å². The number of hydroxylamine groups is 2. The van der Waals surface area contributed by atoms with Crippen LogP contribution in [0.4, 0.5) is 17.6 Å². The van der Waals surface area contributed by atoms with Crippen molar-refractivity contribution in [2.75, 3.05) is 27.4 Å². The Morgan fingerprint density at radius 3 is 1.44 bits per heavy atom. The van der Waals surface area contributed by atoms with Crippen molar-refractivity contribution in [3.63, 3.8) is 0 Å². The van der Waals surface area contributed by atoms with Crippen LogP contribution < -0.4 is 17.0 Å². The minimum Gasteiger partial charge on any atom is -1.00 e. The Morgan fingerprint density at radius 1 is 0.603 bits per heavy atom. The zero-order valence-corrected chi connectivity index (χ0v) is 46.5. The largest absolute Gasteiger partial charge is 2.00 e. The van der Waals surface area contributed by atoms with E-state index in [-0.39, 0.29) is 94.8 Å². The monoisotopic (exact) mass is 1100 g/mol. The number of hydrogen-bond donors (Lipinski definition) is 2. The van der Waals surface area contributed by atoms with Gasteiger partial charge in [0.1, 0.15) is 11.6 Å². The standard InChI is InChI=1S/C26H34F2O2.C22H37NO3.C6H3F2.C4H8O.2CH4.BrH.Mg/c1-25(30)9-7-19-15(14-25)3-4-21-20(19)8-10-26(2)22(21)5-6-23(26)24(29)16-11-17(27)13-18(28)12-16;1-21(25)11-9-15-14(13-21)5-6-17-16(15)10-12-22(2)18(17)7-8-19(22)20(24)23(3)26-4;7-5-2-1-3-6(8)4-5;1-2-4-5-3-1;;;;/h11-13,15,19-23,30H,3-10,14H2,1-2H3;14-19,25H,5-13H2,1-4H3;2-4H;1-4H2;2*1H4;1H;/q;;-1;;;;;+2/p-1/t15-,19+,20-,21-,22+,23-,25-,26+;14-,15+,16-,17-,18+,19-,21-,22+;;;;;;/m11....../s1. The molecule has 0 bridgehead atoms. The molecule has 0 aromatic heterocycles. The van der Waals surface area contributed by atoms with Crippen LogP contribution in [-0.2, 0) is 14.4 Å². The van der Waals surface area contributed by atoms with Gasteiger partial charge in [-0.2, -0.15) is 6.07 Å². The minimum absolute atomic E-state index is 0. The quantitative estimate of drug-likeness (QED) is 0.104. The van der Waals surface area contributed by atoms with E-state index in [0.717, 1.165) is 137 Å². The number of hydrogen-bond acceptors (Lipinski definition) is 6. The average Bonchev–Trinajstić information content (AvgIpc) is 4.08. The normalized spacial score (nSPS) is 39.3. The Labute approximate surface area is 463 Å². The van der Waals surface area contributed by atoms with Gasteiger partial charge in [-0.05, 0) is 224 Å². The van der Waals surface area contributed by atoms with E-state index in [1.807, 2.05) is 13.8 Å². The zero-order chi connectivity index (χ0) is 49.5. The van der Waals surface area contributed by atoms with Crippen LogP contribution in [0.5, 0.6) is 0 Å². The Hall–Kier alpha value is -1.61. The first kappa shape index (κ1) is 63.9. The molecule has 2 N–H and O–H groups in total. The van der Waals surface area contributed by atoms with Gasteiger partial charge in [0.15, 0.2) is 5.78 Å². The van der Waals surface area contributed by atoms with Gasteiger partial charge >= 0.3 is 23.1 Å². The Morgan fingerprint density at radius 2 is 1.03 bits per heavy atom. The molecule has 1 saturated heterocycles. The number of rotatable bonds is 4. The molecule has 1 aliphatic heterocycles. The van der Waals surface area contributed by atoms with E-state index >= 15 is 0 Å². The van der Waals surface area contributed by atoms with E-state index in [4.69, 9.17) is 9.57 Å². The Kier molecular flexibility index (Phi) is 23.1. The number of amides is 1. The number of aliphatic hydroxyl groups is 2. The third kappa shape index (κ3) is 14.0. The van der Waals surface area contributed by atoms with Crippen molar-refractivity contribution >= 4 is 34.7 Å². The van der Waals surface area contributed by atoms with Crippen molar-refractivity contribution in [2.24, 2.45) is 81.8 Å². The average molecular weight is 1100 g/mol. The van der Waals surface area contributed by atoms with Crippen molar-refractivity contribution in [1.29, 1.82) is 0 Å². The van der Waals surface area contributed by atoms with Crippen LogP contribution in [0.2, 0.25) is 0 Å². The van der Waals surface area contributed by atoms with Crippen LogP contribution in [0.25, 0.3) is 0 Å². The van der Waals surface area contributed by atoms with Crippen LogP contribution in [0.3, 0.4) is 0 Å². The number of halogens is 5. The van der Waals surface area contributed by atoms with Gasteiger partial charge < -0.3 is 31.9 Å². The molecule has 408 valence electrons. The molecule has 2 aromatic carbocycles. The maximum absolute atomic E-state index is 13.7. The second-order valence-corrected chi connectivity index (χ2v) is 24.4. The third-order valence-corrected chi connectivity index (χ3v) is 20.4. The summed E-state index contributed by atoms with van der Waals surface area (Å²) >= 11 is 0. The van der Waals surface area contributed by atoms with Gasteiger partial charge in [0.05, 0.1) is 18.3 Å². The summed E-state index contributed by atoms with van der Waals surface area (Å²) in [6.45, 7) is 10.7. The molecule has 1 amide bonds. The number of carbonyl (C=O) groups excluding carboxylic acids is 2. The van der Waals surface area contributed by atoms with Crippen molar-refractivity contribution in [3.05, 3.63) is 71.3 Å². The number of ether oxygens (including phenoxy) is 1. The summed E-state index contributed by atoms with van der Waals surface area (Å²) < 4.78 is 56.2. The van der Waals surface area contributed by atoms with Crippen LogP contribution in [0.15, 0.2) is 36.4 Å². The molecule has 0 radical (unpaired) electrons. The Balaban J connectivity index is 0.000000244. The molecule has 73 heavy (non-hydrogen) atoms. The van der Waals surface area contributed by atoms with E-state index in [1.54, 1.807) is 14.2 Å². The van der Waals surface area contributed by atoms with Gasteiger partial charge in [-0.25, -0.2) is 13.8 Å². The number of carbonyl (C=O) groups is 2. The fourth-order valence-electron chi connectivity index (χ4n) is 17.1. The third-order valence-electron chi connectivity index (χ3n) is 20.4. The molecule has 0 spiro atoms. The van der Waals surface area contributed by atoms with E-state index in [1.165, 1.54) is 81.4 Å². The molecule has 8 aliphatic carbocycles. The van der Waals surface area contributed by atoms with Gasteiger partial charge in [-0.15, -0.1) is 18.2 Å². The molecule has 11 rings (SSSR count). The summed E-state index contributed by atoms with van der Waals surface area (Å²) in [6, 6.07) is 8.46. The topological polar surface area (TPSA) is 96.3 Å². The van der Waals surface area contributed by atoms with Crippen LogP contribution in [-0.4, -0.2) is 88.6 Å². The number of fused-ring (bicyclic) bond motifs is 10. The predicted octanol–water partition coefficient (Wildman–Crippen LogP) is 10.7. The Bertz CT molecular complexity index is 2070. The van der Waals surface area contributed by atoms with Gasteiger partial charge in [0.2, 0.25) is 5.91 Å². The maximum atomic E-state index is 13.7. The summed E-state index contributed by atoms with van der Waals surface area (Å²) in [6.07, 6.45) is 22.5. The van der Waals surface area contributed by atoms with Crippen molar-refractivity contribution < 1.29 is 63.9 Å². The van der Waals surface area contributed by atoms with Crippen LogP contribution in [0.1, 0.15) is 181 Å². The molecule has 13 heteroatoms. The number of benzene rings is 2. The summed E-state index contributed by atoms with van der Waals surface area (Å²) in [4.78, 5) is 31.4. The summed E-state index contributed by atoms with van der Waals surface area (Å²) in [7, 11) is 3.34. The van der Waals surface area contributed by atoms with E-state index in [2.05, 4.69) is 19.9 Å². The second-order valence-electron chi connectivity index (χ2n) is 24.4. The molecular formula is C60H90BrF4MgNO6. The van der Waals surface area contributed by atoms with Gasteiger partial charge in [0.25, 0.3) is 0 Å². The summed E-state index contributed by atoms with van der Waals surface area (Å²) in [5.74, 6) is 4.73. The molecular weight excluding hydrogens is 1010 g/mol. The second kappa shape index (κ2) is 26.4. The minimum atomic E-state index is -0.673. The van der Waals surface area contributed by atoms with Crippen molar-refractivity contribution in [3.8, 4) is 0 Å². The molecule has 0 unspecified atom stereocenters. The summed E-state index contributed by atoms with van der Waals surface area (Å²) in [5.41, 5.74) is -0.652.